The number of nitrogens with zero attached hydrogens (tertiary/aromatic N) is 2. The van der Waals surface area contributed by atoms with Crippen LogP contribution in [0.15, 0.2) is 48.5 Å². The number of rotatable bonds is 6. The first-order chi connectivity index (χ1) is 12.1. The second-order valence-electron chi connectivity index (χ2n) is 4.91. The zero-order chi connectivity index (χ0) is 18.2. The molecule has 2 rings (SSSR count). The van der Waals surface area contributed by atoms with Crippen LogP contribution < -0.4 is 9.64 Å². The van der Waals surface area contributed by atoms with Gasteiger partial charge in [-0.15, -0.1) is 0 Å². The van der Waals surface area contributed by atoms with Crippen molar-refractivity contribution >= 4 is 17.6 Å². The van der Waals surface area contributed by atoms with E-state index >= 15 is 0 Å². The van der Waals surface area contributed by atoms with Crippen molar-refractivity contribution in [3.05, 3.63) is 54.1 Å². The molecule has 0 aliphatic rings. The Morgan fingerprint density at radius 2 is 1.88 bits per heavy atom. The van der Waals surface area contributed by atoms with Crippen LogP contribution in [-0.4, -0.2) is 37.2 Å². The number of methoxy groups -OCH3 is 1. The van der Waals surface area contributed by atoms with Crippen LogP contribution in [0.5, 0.6) is 11.5 Å². The summed E-state index contributed by atoms with van der Waals surface area (Å²) in [6, 6.07) is 14.8. The van der Waals surface area contributed by atoms with Gasteiger partial charge in [-0.2, -0.15) is 5.26 Å². The van der Waals surface area contributed by atoms with Gasteiger partial charge >= 0.3 is 5.97 Å². The molecule has 1 N–H and O–H groups in total. The summed E-state index contributed by atoms with van der Waals surface area (Å²) in [6.07, 6.45) is 0. The lowest BCUT2D eigenvalue weighted by atomic mass is 10.2. The summed E-state index contributed by atoms with van der Waals surface area (Å²) in [5.74, 6) is -1.66. The molecule has 0 saturated heterocycles. The van der Waals surface area contributed by atoms with Gasteiger partial charge in [0, 0.05) is 5.69 Å². The average molecular weight is 340 g/mol. The van der Waals surface area contributed by atoms with Gasteiger partial charge in [-0.1, -0.05) is 24.3 Å². The first-order valence-electron chi connectivity index (χ1n) is 7.34. The summed E-state index contributed by atoms with van der Waals surface area (Å²) >= 11 is 0. The lowest BCUT2D eigenvalue weighted by Crippen LogP contribution is -2.35. The van der Waals surface area contributed by atoms with E-state index in [4.69, 9.17) is 14.7 Å². The van der Waals surface area contributed by atoms with Crippen molar-refractivity contribution < 1.29 is 24.2 Å². The predicted molar refractivity (Wildman–Crippen MR) is 89.3 cm³/mol. The fourth-order valence-electron chi connectivity index (χ4n) is 2.14. The number of hydrogen-bond acceptors (Lipinski definition) is 6. The van der Waals surface area contributed by atoms with Crippen molar-refractivity contribution in [3.8, 4) is 17.6 Å². The maximum absolute atomic E-state index is 12.3. The zero-order valence-electron chi connectivity index (χ0n) is 13.5. The minimum Gasteiger partial charge on any atom is -0.504 e. The molecule has 0 saturated carbocycles. The summed E-state index contributed by atoms with van der Waals surface area (Å²) < 4.78 is 9.88. The molecule has 2 aromatic carbocycles. The Hall–Kier alpha value is -3.53. The van der Waals surface area contributed by atoms with E-state index in [-0.39, 0.29) is 23.6 Å². The van der Waals surface area contributed by atoms with Gasteiger partial charge in [-0.25, -0.2) is 4.79 Å². The number of carbonyl (C=O) groups excluding carboxylic acids is 2. The van der Waals surface area contributed by atoms with Crippen molar-refractivity contribution in [1.29, 1.82) is 5.26 Å². The first kappa shape index (κ1) is 17.8. The molecule has 0 unspecified atom stereocenters. The second-order valence-corrected chi connectivity index (χ2v) is 4.91. The molecule has 0 aliphatic carbocycles. The van der Waals surface area contributed by atoms with E-state index in [1.54, 1.807) is 30.3 Å². The molecule has 2 aromatic rings. The quantitative estimate of drug-likeness (QED) is 0.638. The van der Waals surface area contributed by atoms with Crippen LogP contribution in [0.25, 0.3) is 0 Å². The molecule has 0 spiro atoms. The minimum absolute atomic E-state index is 0.112. The Kier molecular flexibility index (Phi) is 5.96. The Bertz CT molecular complexity index is 799. The second kappa shape index (κ2) is 8.36. The Morgan fingerprint density at radius 3 is 2.52 bits per heavy atom. The number of para-hydroxylation sites is 2. The molecule has 0 bridgehead atoms. The lowest BCUT2D eigenvalue weighted by molar-refractivity contribution is -0.121. The number of phenolic OH excluding ortho intramolecular Hbond substituents is 1. The number of anilines is 1. The fourth-order valence-corrected chi connectivity index (χ4v) is 2.14. The normalized spacial score (nSPS) is 9.76. The number of benzene rings is 2. The maximum atomic E-state index is 12.3. The van der Waals surface area contributed by atoms with Gasteiger partial charge in [0.1, 0.15) is 12.1 Å². The summed E-state index contributed by atoms with van der Waals surface area (Å²) in [5, 5.41) is 18.8. The van der Waals surface area contributed by atoms with Gasteiger partial charge in [0.2, 0.25) is 0 Å². The largest absolute Gasteiger partial charge is 0.504 e. The van der Waals surface area contributed by atoms with Crippen molar-refractivity contribution in [2.24, 2.45) is 0 Å². The van der Waals surface area contributed by atoms with Gasteiger partial charge in [0.15, 0.2) is 18.1 Å². The highest BCUT2D eigenvalue weighted by molar-refractivity contribution is 5.98. The molecule has 25 heavy (non-hydrogen) atoms. The van der Waals surface area contributed by atoms with E-state index in [1.165, 1.54) is 30.2 Å². The van der Waals surface area contributed by atoms with Crippen LogP contribution >= 0.6 is 0 Å². The zero-order valence-corrected chi connectivity index (χ0v) is 13.5. The van der Waals surface area contributed by atoms with E-state index in [1.807, 2.05) is 6.07 Å². The van der Waals surface area contributed by atoms with Crippen LogP contribution in [0.3, 0.4) is 0 Å². The molecular weight excluding hydrogens is 324 g/mol. The smallest absolute Gasteiger partial charge is 0.342 e. The highest BCUT2D eigenvalue weighted by atomic mass is 16.5. The summed E-state index contributed by atoms with van der Waals surface area (Å²) in [7, 11) is 1.35. The molecule has 1 amide bonds. The van der Waals surface area contributed by atoms with E-state index < -0.39 is 18.5 Å². The third kappa shape index (κ3) is 4.26. The molecule has 0 aromatic heterocycles. The van der Waals surface area contributed by atoms with Gasteiger partial charge in [0.25, 0.3) is 5.91 Å². The highest BCUT2D eigenvalue weighted by Gasteiger charge is 2.20. The van der Waals surface area contributed by atoms with E-state index in [9.17, 15) is 14.7 Å². The molecule has 0 aliphatic heterocycles. The van der Waals surface area contributed by atoms with Gasteiger partial charge < -0.3 is 14.6 Å². The van der Waals surface area contributed by atoms with Gasteiger partial charge in [-0.3, -0.25) is 9.69 Å². The molecular formula is C18H16N2O5. The molecule has 7 heteroatoms. The molecule has 0 radical (unpaired) electrons. The number of phenols is 1. The van der Waals surface area contributed by atoms with Crippen molar-refractivity contribution in [1.82, 2.24) is 0 Å². The third-order valence-electron chi connectivity index (χ3n) is 3.36. The van der Waals surface area contributed by atoms with E-state index in [0.29, 0.717) is 5.69 Å². The van der Waals surface area contributed by atoms with Crippen LogP contribution in [-0.2, 0) is 9.53 Å². The van der Waals surface area contributed by atoms with Crippen molar-refractivity contribution in [2.45, 2.75) is 0 Å². The van der Waals surface area contributed by atoms with Gasteiger partial charge in [-0.05, 0) is 24.3 Å². The number of nitriles is 1. The minimum atomic E-state index is -0.866. The lowest BCUT2D eigenvalue weighted by Gasteiger charge is -2.19. The van der Waals surface area contributed by atoms with E-state index in [0.717, 1.165) is 0 Å². The molecule has 0 atom stereocenters. The third-order valence-corrected chi connectivity index (χ3v) is 3.36. The van der Waals surface area contributed by atoms with E-state index in [2.05, 4.69) is 0 Å². The SMILES string of the molecule is COc1cccc(C(=O)OCC(=O)N(CC#N)c2ccccc2)c1O. The number of ether oxygens (including phenoxy) is 2. The molecule has 128 valence electrons. The fraction of sp³-hybridized carbons (Fsp3) is 0.167. The average Bonchev–Trinajstić information content (AvgIpc) is 2.64. The summed E-state index contributed by atoms with van der Waals surface area (Å²) in [5.41, 5.74) is 0.410. The van der Waals surface area contributed by atoms with Crippen molar-refractivity contribution in [2.75, 3.05) is 25.2 Å². The van der Waals surface area contributed by atoms with Crippen LogP contribution in [0.2, 0.25) is 0 Å². The standard InChI is InChI=1S/C18H16N2O5/c1-24-15-9-5-8-14(17(15)22)18(23)25-12-16(21)20(11-10-19)13-6-3-2-4-7-13/h2-9,22H,11-12H2,1H3. The summed E-state index contributed by atoms with van der Waals surface area (Å²) in [4.78, 5) is 25.6. The Labute approximate surface area is 144 Å². The van der Waals surface area contributed by atoms with Crippen LogP contribution in [0, 0.1) is 11.3 Å². The number of esters is 1. The Balaban J connectivity index is 2.08. The number of aromatic hydroxyl groups is 1. The summed E-state index contributed by atoms with van der Waals surface area (Å²) in [6.45, 7) is -0.739. The number of hydrogen-bond donors (Lipinski definition) is 1. The first-order valence-corrected chi connectivity index (χ1v) is 7.34. The van der Waals surface area contributed by atoms with Crippen LogP contribution in [0.4, 0.5) is 5.69 Å². The number of amides is 1. The monoisotopic (exact) mass is 340 g/mol. The molecule has 0 fully saturated rings. The predicted octanol–water partition coefficient (Wildman–Crippen LogP) is 2.11. The highest BCUT2D eigenvalue weighted by Crippen LogP contribution is 2.29. The molecule has 7 nitrogen and oxygen atoms in total. The topological polar surface area (TPSA) is 99.9 Å². The number of carbonyl (C=O) groups is 2. The van der Waals surface area contributed by atoms with Crippen molar-refractivity contribution in [3.63, 3.8) is 0 Å². The van der Waals surface area contributed by atoms with Gasteiger partial charge in [0.05, 0.1) is 13.2 Å². The maximum Gasteiger partial charge on any atom is 0.342 e. The molecule has 0 heterocycles. The Morgan fingerprint density at radius 1 is 1.16 bits per heavy atom. The van der Waals surface area contributed by atoms with Crippen LogP contribution in [0.1, 0.15) is 10.4 Å².